The van der Waals surface area contributed by atoms with E-state index in [-0.39, 0.29) is 17.3 Å². The van der Waals surface area contributed by atoms with Crippen LogP contribution in [0.5, 0.6) is 0 Å². The van der Waals surface area contributed by atoms with Gasteiger partial charge in [-0.05, 0) is 18.1 Å². The Bertz CT molecular complexity index is 784. The van der Waals surface area contributed by atoms with E-state index in [0.29, 0.717) is 5.69 Å². The molecule has 1 amide bonds. The van der Waals surface area contributed by atoms with Gasteiger partial charge < -0.3 is 10.4 Å². The maximum Gasteiger partial charge on any atom is 0.326 e. The number of hydrogen-bond donors (Lipinski definition) is 2. The van der Waals surface area contributed by atoms with Crippen LogP contribution < -0.4 is 5.32 Å². The Morgan fingerprint density at radius 2 is 2.04 bits per heavy atom. The normalized spacial score (nSPS) is 12.0. The standard InChI is InChI=1S/C15H16N4O5/c1-9(2)13(15(21)22)16-14(20)12-6-7-18(17-12)10-4-3-5-11(8-10)19(23)24/h3-9,13H,1-2H3,(H,16,20)(H,21,22). The third-order valence-corrected chi connectivity index (χ3v) is 3.35. The topological polar surface area (TPSA) is 127 Å². The lowest BCUT2D eigenvalue weighted by molar-refractivity contribution is -0.384. The molecule has 1 aromatic carbocycles. The number of rotatable bonds is 6. The molecule has 1 unspecified atom stereocenters. The fourth-order valence-electron chi connectivity index (χ4n) is 2.07. The highest BCUT2D eigenvalue weighted by Gasteiger charge is 2.25. The maximum absolute atomic E-state index is 12.1. The summed E-state index contributed by atoms with van der Waals surface area (Å²) in [6.07, 6.45) is 1.47. The van der Waals surface area contributed by atoms with Crippen molar-refractivity contribution in [3.8, 4) is 5.69 Å². The third-order valence-electron chi connectivity index (χ3n) is 3.35. The van der Waals surface area contributed by atoms with Crippen LogP contribution in [0, 0.1) is 16.0 Å². The first-order chi connectivity index (χ1) is 11.3. The first-order valence-corrected chi connectivity index (χ1v) is 7.13. The molecule has 0 aliphatic heterocycles. The Morgan fingerprint density at radius 3 is 2.62 bits per heavy atom. The van der Waals surface area contributed by atoms with Gasteiger partial charge in [-0.25, -0.2) is 9.48 Å². The average Bonchev–Trinajstić information content (AvgIpc) is 3.02. The maximum atomic E-state index is 12.1. The van der Waals surface area contributed by atoms with Gasteiger partial charge in [0.1, 0.15) is 6.04 Å². The summed E-state index contributed by atoms with van der Waals surface area (Å²) in [6.45, 7) is 3.36. The quantitative estimate of drug-likeness (QED) is 0.611. The monoisotopic (exact) mass is 332 g/mol. The predicted octanol–water partition coefficient (Wildman–Crippen LogP) is 1.62. The van der Waals surface area contributed by atoms with E-state index in [1.54, 1.807) is 19.9 Å². The van der Waals surface area contributed by atoms with Crippen LogP contribution in [0.1, 0.15) is 24.3 Å². The Morgan fingerprint density at radius 1 is 1.33 bits per heavy atom. The van der Waals surface area contributed by atoms with Gasteiger partial charge in [0.15, 0.2) is 5.69 Å². The molecule has 9 nitrogen and oxygen atoms in total. The molecule has 126 valence electrons. The number of aliphatic carboxylic acids is 1. The van der Waals surface area contributed by atoms with Gasteiger partial charge in [0, 0.05) is 18.3 Å². The summed E-state index contributed by atoms with van der Waals surface area (Å²) in [7, 11) is 0. The second-order valence-corrected chi connectivity index (χ2v) is 5.46. The fourth-order valence-corrected chi connectivity index (χ4v) is 2.07. The number of benzene rings is 1. The van der Waals surface area contributed by atoms with Gasteiger partial charge in [-0.2, -0.15) is 5.10 Å². The SMILES string of the molecule is CC(C)C(NC(=O)c1ccn(-c2cccc([N+](=O)[O-])c2)n1)C(=O)O. The van der Waals surface area contributed by atoms with E-state index in [1.165, 1.54) is 35.1 Å². The van der Waals surface area contributed by atoms with E-state index >= 15 is 0 Å². The van der Waals surface area contributed by atoms with Gasteiger partial charge in [-0.1, -0.05) is 19.9 Å². The number of nitrogens with zero attached hydrogens (tertiary/aromatic N) is 3. The van der Waals surface area contributed by atoms with Crippen molar-refractivity contribution in [1.82, 2.24) is 15.1 Å². The number of nitro groups is 1. The van der Waals surface area contributed by atoms with Crippen LogP contribution in [0.25, 0.3) is 5.69 Å². The van der Waals surface area contributed by atoms with Gasteiger partial charge in [0.05, 0.1) is 10.6 Å². The molecular weight excluding hydrogens is 316 g/mol. The fraction of sp³-hybridized carbons (Fsp3) is 0.267. The molecular formula is C15H16N4O5. The van der Waals surface area contributed by atoms with Crippen molar-refractivity contribution in [2.75, 3.05) is 0 Å². The summed E-state index contributed by atoms with van der Waals surface area (Å²) < 4.78 is 1.31. The highest BCUT2D eigenvalue weighted by molar-refractivity contribution is 5.95. The van der Waals surface area contributed by atoms with Crippen molar-refractivity contribution < 1.29 is 19.6 Å². The molecule has 2 N–H and O–H groups in total. The van der Waals surface area contributed by atoms with E-state index in [2.05, 4.69) is 10.4 Å². The van der Waals surface area contributed by atoms with E-state index in [9.17, 15) is 19.7 Å². The molecule has 1 atom stereocenters. The van der Waals surface area contributed by atoms with Crippen LogP contribution in [0.15, 0.2) is 36.5 Å². The van der Waals surface area contributed by atoms with Crippen molar-refractivity contribution in [3.63, 3.8) is 0 Å². The lowest BCUT2D eigenvalue weighted by Gasteiger charge is -2.16. The van der Waals surface area contributed by atoms with E-state index < -0.39 is 22.8 Å². The number of hydrogen-bond acceptors (Lipinski definition) is 5. The summed E-state index contributed by atoms with van der Waals surface area (Å²) in [6, 6.07) is 6.17. The van der Waals surface area contributed by atoms with Crippen LogP contribution in [0.4, 0.5) is 5.69 Å². The van der Waals surface area contributed by atoms with Crippen molar-refractivity contribution in [3.05, 3.63) is 52.3 Å². The molecule has 24 heavy (non-hydrogen) atoms. The van der Waals surface area contributed by atoms with Crippen molar-refractivity contribution in [1.29, 1.82) is 0 Å². The minimum atomic E-state index is -1.13. The van der Waals surface area contributed by atoms with Gasteiger partial charge >= 0.3 is 5.97 Å². The van der Waals surface area contributed by atoms with Gasteiger partial charge in [0.25, 0.3) is 11.6 Å². The number of carbonyl (C=O) groups is 2. The third kappa shape index (κ3) is 3.75. The largest absolute Gasteiger partial charge is 0.480 e. The smallest absolute Gasteiger partial charge is 0.326 e. The van der Waals surface area contributed by atoms with Crippen molar-refractivity contribution in [2.45, 2.75) is 19.9 Å². The molecule has 0 fully saturated rings. The number of carbonyl (C=O) groups excluding carboxylic acids is 1. The number of carboxylic acid groups (broad SMARTS) is 1. The molecule has 0 saturated carbocycles. The minimum Gasteiger partial charge on any atom is -0.480 e. The highest BCUT2D eigenvalue weighted by atomic mass is 16.6. The molecule has 2 aromatic rings. The van der Waals surface area contributed by atoms with E-state index in [1.807, 2.05) is 0 Å². The Balaban J connectivity index is 2.21. The molecule has 0 aliphatic rings. The zero-order valence-corrected chi connectivity index (χ0v) is 13.0. The highest BCUT2D eigenvalue weighted by Crippen LogP contribution is 2.16. The summed E-state index contributed by atoms with van der Waals surface area (Å²) in [4.78, 5) is 33.5. The zero-order valence-electron chi connectivity index (χ0n) is 13.0. The lowest BCUT2D eigenvalue weighted by atomic mass is 10.0. The van der Waals surface area contributed by atoms with Crippen LogP contribution in [-0.4, -0.2) is 37.7 Å². The Labute approximate surface area is 137 Å². The molecule has 2 rings (SSSR count). The zero-order chi connectivity index (χ0) is 17.9. The first kappa shape index (κ1) is 17.1. The Kier molecular flexibility index (Phi) is 4.93. The molecule has 0 bridgehead atoms. The van der Waals surface area contributed by atoms with Crippen molar-refractivity contribution in [2.24, 2.45) is 5.92 Å². The summed E-state index contributed by atoms with van der Waals surface area (Å²) in [5.74, 6) is -2.04. The molecule has 0 aliphatic carbocycles. The second-order valence-electron chi connectivity index (χ2n) is 5.46. The number of nitro benzene ring substituents is 1. The van der Waals surface area contributed by atoms with Crippen LogP contribution in [0.3, 0.4) is 0 Å². The minimum absolute atomic E-state index is 0.0217. The second kappa shape index (κ2) is 6.90. The van der Waals surface area contributed by atoms with Crippen molar-refractivity contribution >= 4 is 17.6 Å². The van der Waals surface area contributed by atoms with Gasteiger partial charge in [-0.15, -0.1) is 0 Å². The van der Waals surface area contributed by atoms with E-state index in [4.69, 9.17) is 5.11 Å². The average molecular weight is 332 g/mol. The molecule has 1 aromatic heterocycles. The number of amides is 1. The predicted molar refractivity (Wildman–Crippen MR) is 83.9 cm³/mol. The van der Waals surface area contributed by atoms with Gasteiger partial charge in [0.2, 0.25) is 0 Å². The summed E-state index contributed by atoms with van der Waals surface area (Å²) >= 11 is 0. The summed E-state index contributed by atoms with van der Waals surface area (Å²) in [5.41, 5.74) is 0.343. The van der Waals surface area contributed by atoms with E-state index in [0.717, 1.165) is 0 Å². The number of carboxylic acids is 1. The molecule has 0 spiro atoms. The number of non-ortho nitro benzene ring substituents is 1. The first-order valence-electron chi connectivity index (χ1n) is 7.13. The molecule has 0 radical (unpaired) electrons. The van der Waals surface area contributed by atoms with Crippen LogP contribution in [-0.2, 0) is 4.79 Å². The molecule has 1 heterocycles. The Hall–Kier alpha value is -3.23. The van der Waals surface area contributed by atoms with Crippen LogP contribution >= 0.6 is 0 Å². The lowest BCUT2D eigenvalue weighted by Crippen LogP contribution is -2.44. The molecule has 9 heteroatoms. The number of nitrogens with one attached hydrogen (secondary N) is 1. The van der Waals surface area contributed by atoms with Crippen LogP contribution in [0.2, 0.25) is 0 Å². The molecule has 0 saturated heterocycles. The van der Waals surface area contributed by atoms with Gasteiger partial charge in [-0.3, -0.25) is 14.9 Å². The summed E-state index contributed by atoms with van der Waals surface area (Å²) in [5, 5.41) is 26.3. The number of aromatic nitrogens is 2.